The number of esters is 1. The molecule has 0 atom stereocenters. The molecule has 1 heterocycles. The summed E-state index contributed by atoms with van der Waals surface area (Å²) in [7, 11) is 0. The second-order valence-electron chi connectivity index (χ2n) is 4.18. The average molecular weight is 260 g/mol. The molecule has 1 aromatic carbocycles. The molecule has 0 aliphatic heterocycles. The van der Waals surface area contributed by atoms with Crippen molar-refractivity contribution in [3.8, 4) is 0 Å². The van der Waals surface area contributed by atoms with E-state index in [1.54, 1.807) is 6.20 Å². The van der Waals surface area contributed by atoms with Gasteiger partial charge in [-0.05, 0) is 5.56 Å². The number of carbonyl (C=O) groups excluding carboxylic acids is 1. The highest BCUT2D eigenvalue weighted by Crippen LogP contribution is 2.11. The van der Waals surface area contributed by atoms with Crippen molar-refractivity contribution in [3.63, 3.8) is 0 Å². The van der Waals surface area contributed by atoms with Crippen LogP contribution < -0.4 is 0 Å². The van der Waals surface area contributed by atoms with Gasteiger partial charge >= 0.3 is 5.97 Å². The lowest BCUT2D eigenvalue weighted by Crippen LogP contribution is -2.11. The van der Waals surface area contributed by atoms with E-state index in [4.69, 9.17) is 4.74 Å². The van der Waals surface area contributed by atoms with Gasteiger partial charge in [-0.25, -0.2) is 4.98 Å². The first kappa shape index (κ1) is 13.3. The van der Waals surface area contributed by atoms with Crippen LogP contribution >= 0.6 is 0 Å². The predicted octanol–water partition coefficient (Wildman–Crippen LogP) is 1.49. The molecular formula is C14H16N2O3. The molecule has 0 unspecified atom stereocenters. The molecule has 0 aliphatic rings. The van der Waals surface area contributed by atoms with Crippen LogP contribution in [0.3, 0.4) is 0 Å². The van der Waals surface area contributed by atoms with Gasteiger partial charge in [0.1, 0.15) is 12.4 Å². The molecule has 0 fully saturated rings. The smallest absolute Gasteiger partial charge is 0.303 e. The Morgan fingerprint density at radius 3 is 2.74 bits per heavy atom. The Balaban J connectivity index is 2.21. The van der Waals surface area contributed by atoms with Crippen molar-refractivity contribution >= 4 is 5.97 Å². The van der Waals surface area contributed by atoms with Crippen molar-refractivity contribution in [2.75, 3.05) is 0 Å². The van der Waals surface area contributed by atoms with E-state index in [-0.39, 0.29) is 19.2 Å². The van der Waals surface area contributed by atoms with Crippen molar-refractivity contribution in [1.29, 1.82) is 0 Å². The molecule has 1 aromatic heterocycles. The van der Waals surface area contributed by atoms with Crippen molar-refractivity contribution in [1.82, 2.24) is 9.55 Å². The molecule has 5 heteroatoms. The van der Waals surface area contributed by atoms with Gasteiger partial charge in [-0.1, -0.05) is 30.3 Å². The Kier molecular flexibility index (Phi) is 4.30. The standard InChI is InChI=1S/C14H16N2O3/c1-11(18)19-10-14-15-7-13(9-17)16(14)8-12-5-3-2-4-6-12/h2-7,17H,8-10H2,1H3. The summed E-state index contributed by atoms with van der Waals surface area (Å²) < 4.78 is 6.82. The number of aliphatic hydroxyl groups is 1. The molecule has 1 N–H and O–H groups in total. The molecule has 0 spiro atoms. The number of rotatable bonds is 5. The molecule has 0 saturated heterocycles. The third-order valence-electron chi connectivity index (χ3n) is 2.77. The van der Waals surface area contributed by atoms with Gasteiger partial charge in [-0.3, -0.25) is 4.79 Å². The lowest BCUT2D eigenvalue weighted by Gasteiger charge is -2.11. The summed E-state index contributed by atoms with van der Waals surface area (Å²) in [5.41, 5.74) is 1.80. The number of hydrogen-bond acceptors (Lipinski definition) is 4. The fourth-order valence-electron chi connectivity index (χ4n) is 1.82. The fraction of sp³-hybridized carbons (Fsp3) is 0.286. The minimum atomic E-state index is -0.347. The van der Waals surface area contributed by atoms with Crippen LogP contribution in [0, 0.1) is 0 Å². The monoisotopic (exact) mass is 260 g/mol. The minimum Gasteiger partial charge on any atom is -0.458 e. The molecule has 0 amide bonds. The molecular weight excluding hydrogens is 244 g/mol. The van der Waals surface area contributed by atoms with E-state index in [0.29, 0.717) is 18.1 Å². The Morgan fingerprint density at radius 2 is 2.11 bits per heavy atom. The van der Waals surface area contributed by atoms with Crippen LogP contribution in [0.5, 0.6) is 0 Å². The van der Waals surface area contributed by atoms with E-state index in [2.05, 4.69) is 4.98 Å². The highest BCUT2D eigenvalue weighted by atomic mass is 16.5. The molecule has 0 aliphatic carbocycles. The molecule has 5 nitrogen and oxygen atoms in total. The van der Waals surface area contributed by atoms with Crippen LogP contribution in [0.1, 0.15) is 24.0 Å². The summed E-state index contributed by atoms with van der Waals surface area (Å²) in [6, 6.07) is 9.85. The summed E-state index contributed by atoms with van der Waals surface area (Å²) in [5.74, 6) is 0.280. The molecule has 0 saturated carbocycles. The van der Waals surface area contributed by atoms with E-state index >= 15 is 0 Å². The van der Waals surface area contributed by atoms with E-state index < -0.39 is 0 Å². The third kappa shape index (κ3) is 3.42. The largest absolute Gasteiger partial charge is 0.458 e. The maximum absolute atomic E-state index is 10.9. The zero-order valence-electron chi connectivity index (χ0n) is 10.7. The van der Waals surface area contributed by atoms with E-state index in [9.17, 15) is 9.90 Å². The average Bonchev–Trinajstić information content (AvgIpc) is 2.80. The van der Waals surface area contributed by atoms with Gasteiger partial charge in [0, 0.05) is 13.5 Å². The van der Waals surface area contributed by atoms with Crippen LogP contribution in [-0.4, -0.2) is 20.6 Å². The Hall–Kier alpha value is -2.14. The van der Waals surface area contributed by atoms with E-state index in [1.807, 2.05) is 34.9 Å². The molecule has 100 valence electrons. The third-order valence-corrected chi connectivity index (χ3v) is 2.77. The van der Waals surface area contributed by atoms with Gasteiger partial charge in [0.15, 0.2) is 0 Å². The Labute approximate surface area is 111 Å². The molecule has 0 radical (unpaired) electrons. The second kappa shape index (κ2) is 6.15. The summed E-state index contributed by atoms with van der Waals surface area (Å²) in [6.45, 7) is 1.97. The van der Waals surface area contributed by atoms with Gasteiger partial charge in [-0.15, -0.1) is 0 Å². The molecule has 19 heavy (non-hydrogen) atoms. The van der Waals surface area contributed by atoms with Crippen LogP contribution in [0.4, 0.5) is 0 Å². The van der Waals surface area contributed by atoms with Crippen LogP contribution in [0.15, 0.2) is 36.5 Å². The number of aliphatic hydroxyl groups excluding tert-OH is 1. The summed E-state index contributed by atoms with van der Waals surface area (Å²) in [4.78, 5) is 15.0. The maximum atomic E-state index is 10.9. The second-order valence-corrected chi connectivity index (χ2v) is 4.18. The molecule has 0 bridgehead atoms. The number of nitrogens with zero attached hydrogens (tertiary/aromatic N) is 2. The molecule has 2 rings (SSSR count). The van der Waals surface area contributed by atoms with Crippen molar-refractivity contribution in [2.45, 2.75) is 26.7 Å². The highest BCUT2D eigenvalue weighted by molar-refractivity contribution is 5.65. The first-order valence-corrected chi connectivity index (χ1v) is 6.02. The normalized spacial score (nSPS) is 10.4. The number of aromatic nitrogens is 2. The SMILES string of the molecule is CC(=O)OCc1ncc(CO)n1Cc1ccccc1. The quantitative estimate of drug-likeness (QED) is 0.827. The number of ether oxygens (including phenoxy) is 1. The topological polar surface area (TPSA) is 64.3 Å². The van der Waals surface area contributed by atoms with Gasteiger partial charge in [0.2, 0.25) is 0 Å². The lowest BCUT2D eigenvalue weighted by atomic mass is 10.2. The van der Waals surface area contributed by atoms with Gasteiger partial charge in [0.25, 0.3) is 0 Å². The van der Waals surface area contributed by atoms with E-state index in [0.717, 1.165) is 5.56 Å². The summed E-state index contributed by atoms with van der Waals surface area (Å²) in [6.07, 6.45) is 1.60. The van der Waals surface area contributed by atoms with Crippen LogP contribution in [0.2, 0.25) is 0 Å². The number of imidazole rings is 1. The zero-order valence-corrected chi connectivity index (χ0v) is 10.7. The van der Waals surface area contributed by atoms with Gasteiger partial charge < -0.3 is 14.4 Å². The minimum absolute atomic E-state index is 0.0973. The van der Waals surface area contributed by atoms with E-state index in [1.165, 1.54) is 6.92 Å². The maximum Gasteiger partial charge on any atom is 0.303 e. The first-order chi connectivity index (χ1) is 9.20. The lowest BCUT2D eigenvalue weighted by molar-refractivity contribution is -0.142. The highest BCUT2D eigenvalue weighted by Gasteiger charge is 2.10. The number of benzene rings is 1. The number of hydrogen-bond donors (Lipinski definition) is 1. The first-order valence-electron chi connectivity index (χ1n) is 6.02. The Bertz CT molecular complexity index is 549. The van der Waals surface area contributed by atoms with Crippen molar-refractivity contribution in [2.24, 2.45) is 0 Å². The van der Waals surface area contributed by atoms with Gasteiger partial charge in [0.05, 0.1) is 18.5 Å². The zero-order chi connectivity index (χ0) is 13.7. The fourth-order valence-corrected chi connectivity index (χ4v) is 1.82. The summed E-state index contributed by atoms with van der Waals surface area (Å²) >= 11 is 0. The summed E-state index contributed by atoms with van der Waals surface area (Å²) in [5, 5.41) is 9.32. The number of carbonyl (C=O) groups is 1. The Morgan fingerprint density at radius 1 is 1.37 bits per heavy atom. The van der Waals surface area contributed by atoms with Crippen molar-refractivity contribution < 1.29 is 14.6 Å². The molecule has 2 aromatic rings. The van der Waals surface area contributed by atoms with Crippen LogP contribution in [-0.2, 0) is 29.3 Å². The van der Waals surface area contributed by atoms with Gasteiger partial charge in [-0.2, -0.15) is 0 Å². The van der Waals surface area contributed by atoms with Crippen molar-refractivity contribution in [3.05, 3.63) is 53.6 Å². The predicted molar refractivity (Wildman–Crippen MR) is 69.2 cm³/mol. The van der Waals surface area contributed by atoms with Crippen LogP contribution in [0.25, 0.3) is 0 Å².